The van der Waals surface area contributed by atoms with Gasteiger partial charge in [-0.25, -0.2) is 0 Å². The van der Waals surface area contributed by atoms with Crippen LogP contribution in [0.25, 0.3) is 0 Å². The molecule has 0 spiro atoms. The second-order valence-corrected chi connectivity index (χ2v) is 3.84. The molecule has 1 heterocycles. The van der Waals surface area contributed by atoms with Crippen molar-refractivity contribution >= 4 is 5.84 Å². The highest BCUT2D eigenvalue weighted by Crippen LogP contribution is 2.15. The van der Waals surface area contributed by atoms with E-state index >= 15 is 0 Å². The van der Waals surface area contributed by atoms with Gasteiger partial charge in [-0.05, 0) is 13.8 Å². The van der Waals surface area contributed by atoms with Gasteiger partial charge in [-0.3, -0.25) is 10.3 Å². The molecule has 0 saturated carbocycles. The Bertz CT molecular complexity index is 179. The number of nitrogens with one attached hydrogen (secondary N) is 1. The smallest absolute Gasteiger partial charge is 0.105 e. The number of amidine groups is 1. The minimum absolute atomic E-state index is 0.0896. The fourth-order valence-corrected chi connectivity index (χ4v) is 1.49. The first-order valence-electron chi connectivity index (χ1n) is 4.19. The molecule has 70 valence electrons. The monoisotopic (exact) mass is 171 g/mol. The first-order chi connectivity index (χ1) is 5.49. The summed E-state index contributed by atoms with van der Waals surface area (Å²) in [5, 5.41) is 7.16. The molecule has 1 saturated heterocycles. The lowest BCUT2D eigenvalue weighted by molar-refractivity contribution is -0.0819. The predicted molar refractivity (Wildman–Crippen MR) is 48.4 cm³/mol. The molecular formula is C8H17N3O. The van der Waals surface area contributed by atoms with Crippen molar-refractivity contribution in [2.24, 2.45) is 5.73 Å². The molecule has 0 aromatic rings. The van der Waals surface area contributed by atoms with Crippen molar-refractivity contribution in [3.8, 4) is 0 Å². The van der Waals surface area contributed by atoms with Gasteiger partial charge < -0.3 is 10.5 Å². The van der Waals surface area contributed by atoms with E-state index in [1.54, 1.807) is 0 Å². The minimum atomic E-state index is -0.0896. The molecule has 1 fully saturated rings. The Hall–Kier alpha value is -0.610. The largest absolute Gasteiger partial charge is 0.387 e. The molecule has 0 aromatic carbocycles. The van der Waals surface area contributed by atoms with Crippen LogP contribution >= 0.6 is 0 Å². The molecular weight excluding hydrogens is 154 g/mol. The van der Waals surface area contributed by atoms with Gasteiger partial charge >= 0.3 is 0 Å². The molecule has 0 bridgehead atoms. The fourth-order valence-electron chi connectivity index (χ4n) is 1.49. The van der Waals surface area contributed by atoms with Crippen molar-refractivity contribution in [3.63, 3.8) is 0 Å². The van der Waals surface area contributed by atoms with Crippen molar-refractivity contribution in [2.45, 2.75) is 19.4 Å². The lowest BCUT2D eigenvalue weighted by Gasteiger charge is -2.37. The summed E-state index contributed by atoms with van der Waals surface area (Å²) in [6, 6.07) is 0. The van der Waals surface area contributed by atoms with E-state index in [0.717, 1.165) is 19.7 Å². The van der Waals surface area contributed by atoms with Crippen LogP contribution in [0.1, 0.15) is 13.8 Å². The van der Waals surface area contributed by atoms with E-state index in [1.807, 2.05) is 0 Å². The molecule has 0 radical (unpaired) electrons. The van der Waals surface area contributed by atoms with E-state index in [9.17, 15) is 0 Å². The lowest BCUT2D eigenvalue weighted by atomic mass is 10.1. The number of rotatable bonds is 2. The highest BCUT2D eigenvalue weighted by atomic mass is 16.5. The Labute approximate surface area is 73.2 Å². The fraction of sp³-hybridized carbons (Fsp3) is 0.875. The van der Waals surface area contributed by atoms with Gasteiger partial charge in [-0.1, -0.05) is 0 Å². The van der Waals surface area contributed by atoms with Gasteiger partial charge in [-0.2, -0.15) is 0 Å². The summed E-state index contributed by atoms with van der Waals surface area (Å²) >= 11 is 0. The number of ether oxygens (including phenoxy) is 1. The average Bonchev–Trinajstić information content (AvgIpc) is 1.82. The minimum Gasteiger partial charge on any atom is -0.387 e. The van der Waals surface area contributed by atoms with Gasteiger partial charge in [0, 0.05) is 13.1 Å². The van der Waals surface area contributed by atoms with Gasteiger partial charge in [0.15, 0.2) is 0 Å². The van der Waals surface area contributed by atoms with Crippen molar-refractivity contribution in [1.82, 2.24) is 4.90 Å². The summed E-state index contributed by atoms with van der Waals surface area (Å²) in [7, 11) is 0. The number of hydrogen-bond acceptors (Lipinski definition) is 3. The molecule has 1 rings (SSSR count). The quantitative estimate of drug-likeness (QED) is 0.455. The summed E-state index contributed by atoms with van der Waals surface area (Å²) in [5.74, 6) is 0.229. The number of hydrogen-bond donors (Lipinski definition) is 2. The van der Waals surface area contributed by atoms with Gasteiger partial charge in [0.2, 0.25) is 0 Å². The number of nitrogens with zero attached hydrogens (tertiary/aromatic N) is 1. The second-order valence-electron chi connectivity index (χ2n) is 3.84. The van der Waals surface area contributed by atoms with E-state index in [4.69, 9.17) is 15.9 Å². The zero-order valence-corrected chi connectivity index (χ0v) is 7.76. The number of morpholine rings is 1. The first kappa shape index (κ1) is 9.48. The topological polar surface area (TPSA) is 62.3 Å². The van der Waals surface area contributed by atoms with E-state index in [0.29, 0.717) is 6.54 Å². The summed E-state index contributed by atoms with van der Waals surface area (Å²) < 4.78 is 5.52. The Balaban J connectivity index is 2.41. The van der Waals surface area contributed by atoms with E-state index < -0.39 is 0 Å². The van der Waals surface area contributed by atoms with Gasteiger partial charge in [0.1, 0.15) is 5.84 Å². The van der Waals surface area contributed by atoms with Crippen LogP contribution in [0.3, 0.4) is 0 Å². The summed E-state index contributed by atoms with van der Waals surface area (Å²) in [4.78, 5) is 2.14. The maximum Gasteiger partial charge on any atom is 0.105 e. The molecule has 4 heteroatoms. The Morgan fingerprint density at radius 3 is 2.83 bits per heavy atom. The molecule has 4 nitrogen and oxygen atoms in total. The van der Waals surface area contributed by atoms with E-state index in [1.165, 1.54) is 0 Å². The van der Waals surface area contributed by atoms with Crippen LogP contribution in [0.15, 0.2) is 0 Å². The molecule has 1 aliphatic heterocycles. The van der Waals surface area contributed by atoms with E-state index in [-0.39, 0.29) is 11.4 Å². The third-order valence-corrected chi connectivity index (χ3v) is 1.90. The van der Waals surface area contributed by atoms with Crippen LogP contribution < -0.4 is 5.73 Å². The molecule has 0 atom stereocenters. The first-order valence-corrected chi connectivity index (χ1v) is 4.19. The highest BCUT2D eigenvalue weighted by molar-refractivity contribution is 5.78. The maximum absolute atomic E-state index is 7.16. The summed E-state index contributed by atoms with van der Waals surface area (Å²) in [5.41, 5.74) is 5.22. The second kappa shape index (κ2) is 3.41. The van der Waals surface area contributed by atoms with Gasteiger partial charge in [0.05, 0.1) is 18.8 Å². The van der Waals surface area contributed by atoms with Crippen LogP contribution in [-0.2, 0) is 4.74 Å². The lowest BCUT2D eigenvalue weighted by Crippen LogP contribution is -2.50. The van der Waals surface area contributed by atoms with Gasteiger partial charge in [0.25, 0.3) is 0 Å². The van der Waals surface area contributed by atoms with Crippen molar-refractivity contribution in [3.05, 3.63) is 0 Å². The third kappa shape index (κ3) is 2.79. The molecule has 12 heavy (non-hydrogen) atoms. The normalized spacial score (nSPS) is 23.8. The predicted octanol–water partition coefficient (Wildman–Crippen LogP) is 0.0332. The summed E-state index contributed by atoms with van der Waals surface area (Å²) in [6.45, 7) is 7.14. The summed E-state index contributed by atoms with van der Waals surface area (Å²) in [6.07, 6.45) is 0. The molecule has 0 aromatic heterocycles. The molecule has 1 aliphatic rings. The standard InChI is InChI=1S/C8H17N3O/c1-8(2)6-11(3-4-12-8)5-7(9)10/h3-6H2,1-2H3,(H3,9,10). The van der Waals surface area contributed by atoms with Crippen LogP contribution in [0.5, 0.6) is 0 Å². The van der Waals surface area contributed by atoms with Crippen molar-refractivity contribution < 1.29 is 4.74 Å². The van der Waals surface area contributed by atoms with Crippen LogP contribution in [-0.4, -0.2) is 42.6 Å². The molecule has 3 N–H and O–H groups in total. The average molecular weight is 171 g/mol. The van der Waals surface area contributed by atoms with Crippen molar-refractivity contribution in [1.29, 1.82) is 5.41 Å². The Morgan fingerprint density at radius 2 is 2.33 bits per heavy atom. The van der Waals surface area contributed by atoms with Crippen LogP contribution in [0.4, 0.5) is 0 Å². The Kier molecular flexibility index (Phi) is 2.69. The molecule has 0 unspecified atom stereocenters. The zero-order chi connectivity index (χ0) is 9.19. The zero-order valence-electron chi connectivity index (χ0n) is 7.76. The van der Waals surface area contributed by atoms with E-state index in [2.05, 4.69) is 18.7 Å². The maximum atomic E-state index is 7.16. The van der Waals surface area contributed by atoms with Crippen LogP contribution in [0, 0.1) is 5.41 Å². The molecule has 0 aliphatic carbocycles. The highest BCUT2D eigenvalue weighted by Gasteiger charge is 2.26. The number of nitrogens with two attached hydrogens (primary N) is 1. The Morgan fingerprint density at radius 1 is 1.67 bits per heavy atom. The van der Waals surface area contributed by atoms with Gasteiger partial charge in [-0.15, -0.1) is 0 Å². The van der Waals surface area contributed by atoms with Crippen LogP contribution in [0.2, 0.25) is 0 Å². The SMILES string of the molecule is CC1(C)CN(CC(=N)N)CCO1. The third-order valence-electron chi connectivity index (χ3n) is 1.90. The van der Waals surface area contributed by atoms with Crippen molar-refractivity contribution in [2.75, 3.05) is 26.2 Å². The molecule has 0 amide bonds.